The molecule has 25 heavy (non-hydrogen) atoms. The van der Waals surface area contributed by atoms with Crippen molar-refractivity contribution >= 4 is 5.91 Å². The Morgan fingerprint density at radius 1 is 1.16 bits per heavy atom. The van der Waals surface area contributed by atoms with Crippen LogP contribution in [0.1, 0.15) is 31.4 Å². The van der Waals surface area contributed by atoms with E-state index in [9.17, 15) is 4.79 Å². The first-order valence-corrected chi connectivity index (χ1v) is 8.83. The zero-order chi connectivity index (χ0) is 17.9. The van der Waals surface area contributed by atoms with Crippen molar-refractivity contribution in [3.05, 3.63) is 66.0 Å². The number of likely N-dealkylation sites (N-methyl/N-ethyl adjacent to an activating group) is 1. The van der Waals surface area contributed by atoms with Crippen LogP contribution in [0, 0.1) is 5.41 Å². The second-order valence-electron chi connectivity index (χ2n) is 7.81. The van der Waals surface area contributed by atoms with Crippen molar-refractivity contribution in [3.63, 3.8) is 0 Å². The van der Waals surface area contributed by atoms with Crippen LogP contribution in [0.5, 0.6) is 0 Å². The molecule has 0 bridgehead atoms. The highest BCUT2D eigenvalue weighted by Gasteiger charge is 2.61. The van der Waals surface area contributed by atoms with Crippen molar-refractivity contribution in [2.24, 2.45) is 5.41 Å². The van der Waals surface area contributed by atoms with Gasteiger partial charge in [-0.1, -0.05) is 44.2 Å². The summed E-state index contributed by atoms with van der Waals surface area (Å²) in [5, 5.41) is 3.16. The Morgan fingerprint density at radius 3 is 2.40 bits per heavy atom. The number of pyridine rings is 1. The summed E-state index contributed by atoms with van der Waals surface area (Å²) in [5.74, 6) is 0.0783. The van der Waals surface area contributed by atoms with Gasteiger partial charge in [0, 0.05) is 30.9 Å². The topological polar surface area (TPSA) is 45.2 Å². The Hall–Kier alpha value is -2.20. The zero-order valence-electron chi connectivity index (χ0n) is 15.3. The summed E-state index contributed by atoms with van der Waals surface area (Å²) in [4.78, 5) is 18.4. The number of carbonyl (C=O) groups is 1. The maximum Gasteiger partial charge on any atom is 0.234 e. The smallest absolute Gasteiger partial charge is 0.234 e. The number of benzene rings is 1. The fourth-order valence-corrected chi connectivity index (χ4v) is 3.77. The van der Waals surface area contributed by atoms with Gasteiger partial charge < -0.3 is 5.32 Å². The number of rotatable bonds is 7. The van der Waals surface area contributed by atoms with Crippen LogP contribution < -0.4 is 5.32 Å². The highest BCUT2D eigenvalue weighted by Crippen LogP contribution is 2.63. The summed E-state index contributed by atoms with van der Waals surface area (Å²) >= 11 is 0. The van der Waals surface area contributed by atoms with Crippen LogP contribution in [0.25, 0.3) is 0 Å². The van der Waals surface area contributed by atoms with Crippen molar-refractivity contribution < 1.29 is 4.79 Å². The van der Waals surface area contributed by atoms with Crippen LogP contribution in [0.2, 0.25) is 0 Å². The molecule has 1 heterocycles. The van der Waals surface area contributed by atoms with E-state index in [1.54, 1.807) is 12.4 Å². The average Bonchev–Trinajstić information content (AvgIpc) is 3.17. The highest BCUT2D eigenvalue weighted by atomic mass is 16.2. The highest BCUT2D eigenvalue weighted by molar-refractivity contribution is 5.78. The second-order valence-corrected chi connectivity index (χ2v) is 7.81. The molecule has 4 heteroatoms. The van der Waals surface area contributed by atoms with Crippen LogP contribution in [0.4, 0.5) is 0 Å². The number of carbonyl (C=O) groups excluding carboxylic acids is 1. The third-order valence-electron chi connectivity index (χ3n) is 5.44. The first-order chi connectivity index (χ1) is 11.9. The van der Waals surface area contributed by atoms with Crippen LogP contribution in [-0.4, -0.2) is 35.9 Å². The molecule has 1 saturated carbocycles. The molecule has 1 fully saturated rings. The van der Waals surface area contributed by atoms with Gasteiger partial charge in [0.25, 0.3) is 0 Å². The van der Waals surface area contributed by atoms with Crippen LogP contribution in [0.15, 0.2) is 54.9 Å². The normalized spacial score (nSPS) is 21.1. The summed E-state index contributed by atoms with van der Waals surface area (Å²) in [6, 6.07) is 14.5. The summed E-state index contributed by atoms with van der Waals surface area (Å²) < 4.78 is 0. The van der Waals surface area contributed by atoms with Crippen molar-refractivity contribution in [2.45, 2.75) is 32.2 Å². The molecule has 0 aliphatic heterocycles. The molecule has 0 unspecified atom stereocenters. The van der Waals surface area contributed by atoms with Crippen molar-refractivity contribution in [1.29, 1.82) is 0 Å². The van der Waals surface area contributed by atoms with Gasteiger partial charge in [0.1, 0.15) is 0 Å². The van der Waals surface area contributed by atoms with Gasteiger partial charge in [-0.25, -0.2) is 0 Å². The lowest BCUT2D eigenvalue weighted by Gasteiger charge is -2.23. The van der Waals surface area contributed by atoms with E-state index in [0.29, 0.717) is 13.1 Å². The molecule has 1 amide bonds. The summed E-state index contributed by atoms with van der Waals surface area (Å²) in [5.41, 5.74) is 2.78. The van der Waals surface area contributed by atoms with Gasteiger partial charge in [-0.3, -0.25) is 14.7 Å². The van der Waals surface area contributed by atoms with E-state index in [2.05, 4.69) is 48.4 Å². The fourth-order valence-electron chi connectivity index (χ4n) is 3.77. The summed E-state index contributed by atoms with van der Waals surface area (Å²) in [6.45, 7) is 6.40. The first kappa shape index (κ1) is 17.6. The van der Waals surface area contributed by atoms with Crippen LogP contribution >= 0.6 is 0 Å². The lowest BCUT2D eigenvalue weighted by molar-refractivity contribution is -0.122. The maximum absolute atomic E-state index is 12.4. The Labute approximate surface area is 150 Å². The second kappa shape index (κ2) is 6.96. The number of nitrogens with one attached hydrogen (secondary N) is 1. The van der Waals surface area contributed by atoms with Crippen LogP contribution in [-0.2, 0) is 16.8 Å². The van der Waals surface area contributed by atoms with Gasteiger partial charge in [0.05, 0.1) is 6.54 Å². The molecule has 4 nitrogen and oxygen atoms in total. The van der Waals surface area contributed by atoms with Gasteiger partial charge in [-0.2, -0.15) is 0 Å². The summed E-state index contributed by atoms with van der Waals surface area (Å²) in [7, 11) is 1.97. The Morgan fingerprint density at radius 2 is 1.80 bits per heavy atom. The maximum atomic E-state index is 12.4. The van der Waals surface area contributed by atoms with E-state index in [1.165, 1.54) is 5.56 Å². The molecule has 1 aromatic carbocycles. The molecule has 0 radical (unpaired) electrons. The van der Waals surface area contributed by atoms with Crippen molar-refractivity contribution in [2.75, 3.05) is 20.1 Å². The number of nitrogens with zero attached hydrogens (tertiary/aromatic N) is 2. The molecule has 2 aromatic rings. The first-order valence-electron chi connectivity index (χ1n) is 8.83. The molecule has 1 N–H and O–H groups in total. The Balaban J connectivity index is 1.55. The van der Waals surface area contributed by atoms with Gasteiger partial charge in [0.2, 0.25) is 5.91 Å². The van der Waals surface area contributed by atoms with Gasteiger partial charge in [-0.15, -0.1) is 0 Å². The molecular formula is C21H27N3O. The molecule has 1 atom stereocenters. The minimum atomic E-state index is 0.0631. The lowest BCUT2D eigenvalue weighted by Crippen LogP contribution is -2.40. The molecule has 1 aliphatic carbocycles. The van der Waals surface area contributed by atoms with E-state index >= 15 is 0 Å². The van der Waals surface area contributed by atoms with E-state index in [4.69, 9.17) is 0 Å². The zero-order valence-corrected chi connectivity index (χ0v) is 15.3. The predicted octanol–water partition coefficient (Wildman–Crippen LogP) is 3.00. The average molecular weight is 337 g/mol. The van der Waals surface area contributed by atoms with E-state index in [-0.39, 0.29) is 16.7 Å². The minimum absolute atomic E-state index is 0.0631. The van der Waals surface area contributed by atoms with Gasteiger partial charge in [-0.05, 0) is 42.1 Å². The van der Waals surface area contributed by atoms with Crippen molar-refractivity contribution in [1.82, 2.24) is 15.2 Å². The fraction of sp³-hybridized carbons (Fsp3) is 0.429. The molecule has 3 rings (SSSR count). The van der Waals surface area contributed by atoms with E-state index in [0.717, 1.165) is 18.5 Å². The number of aromatic nitrogens is 1. The molecule has 0 spiro atoms. The number of amides is 1. The number of hydrogen-bond donors (Lipinski definition) is 1. The predicted molar refractivity (Wildman–Crippen MR) is 100 cm³/mol. The monoisotopic (exact) mass is 337 g/mol. The quantitative estimate of drug-likeness (QED) is 0.845. The van der Waals surface area contributed by atoms with Crippen molar-refractivity contribution in [3.8, 4) is 0 Å². The van der Waals surface area contributed by atoms with Crippen LogP contribution in [0.3, 0.4) is 0 Å². The molecule has 0 saturated heterocycles. The Bertz CT molecular complexity index is 714. The molecular weight excluding hydrogens is 310 g/mol. The third-order valence-corrected chi connectivity index (χ3v) is 5.44. The standard InChI is InChI=1S/C21H27N3O/c1-20(2)15-21(20,18-7-5-4-6-8-18)16-23-19(25)14-24(3)13-17-9-11-22-12-10-17/h4-12H,13-16H2,1-3H3,(H,23,25)/t21-/m1/s1. The number of hydrogen-bond acceptors (Lipinski definition) is 3. The van der Waals surface area contributed by atoms with E-state index < -0.39 is 0 Å². The van der Waals surface area contributed by atoms with Gasteiger partial charge in [0.15, 0.2) is 0 Å². The Kier molecular flexibility index (Phi) is 4.91. The molecule has 1 aromatic heterocycles. The molecule has 1 aliphatic rings. The van der Waals surface area contributed by atoms with Gasteiger partial charge >= 0.3 is 0 Å². The minimum Gasteiger partial charge on any atom is -0.354 e. The largest absolute Gasteiger partial charge is 0.354 e. The lowest BCUT2D eigenvalue weighted by atomic mass is 9.88. The van der Waals surface area contributed by atoms with E-state index in [1.807, 2.05) is 30.1 Å². The summed E-state index contributed by atoms with van der Waals surface area (Å²) in [6.07, 6.45) is 4.67. The molecule has 132 valence electrons. The SMILES string of the molecule is CN(CC(=O)NC[C@@]1(c2ccccc2)CC1(C)C)Cc1ccncc1. The third kappa shape index (κ3) is 3.90.